The third-order valence-corrected chi connectivity index (χ3v) is 5.21. The van der Waals surface area contributed by atoms with Gasteiger partial charge in [0, 0.05) is 22.5 Å². The molecule has 2 heterocycles. The van der Waals surface area contributed by atoms with Crippen LogP contribution in [0.2, 0.25) is 5.02 Å². The summed E-state index contributed by atoms with van der Waals surface area (Å²) in [7, 11) is 0. The maximum atomic E-state index is 14.5. The molecule has 0 spiro atoms. The molecule has 0 aliphatic heterocycles. The molecule has 27 heavy (non-hydrogen) atoms. The highest BCUT2D eigenvalue weighted by Crippen LogP contribution is 2.39. The number of rotatable bonds is 4. The van der Waals surface area contributed by atoms with Gasteiger partial charge in [0.1, 0.15) is 11.5 Å². The van der Waals surface area contributed by atoms with E-state index >= 15 is 0 Å². The molecule has 0 bridgehead atoms. The number of nitriles is 1. The molecule has 0 unspecified atom stereocenters. The number of carbonyl (C=O) groups is 1. The fourth-order valence-corrected chi connectivity index (χ4v) is 3.43. The highest BCUT2D eigenvalue weighted by atomic mass is 35.5. The standard InChI is InChI=1S/C19H18ClFN4O2/c1-4-19(2,3)25(18(26)27)14-8-10(21)7-12-15-11(5-6-22)13(20)9-23-17(15)24-16(12)14/h7-9H,4-5H2,1-3H3,(H,23,24)(H,26,27). The minimum absolute atomic E-state index is 0.0275. The van der Waals surface area contributed by atoms with Crippen LogP contribution in [0, 0.1) is 17.1 Å². The number of benzene rings is 1. The number of amides is 1. The molecular formula is C19H18ClFN4O2. The topological polar surface area (TPSA) is 93.0 Å². The van der Waals surface area contributed by atoms with Gasteiger partial charge < -0.3 is 10.1 Å². The van der Waals surface area contributed by atoms with E-state index in [-0.39, 0.29) is 12.1 Å². The van der Waals surface area contributed by atoms with Gasteiger partial charge in [0.2, 0.25) is 0 Å². The second-order valence-corrected chi connectivity index (χ2v) is 7.31. The van der Waals surface area contributed by atoms with Crippen molar-refractivity contribution < 1.29 is 14.3 Å². The average molecular weight is 389 g/mol. The van der Waals surface area contributed by atoms with E-state index in [0.717, 1.165) is 4.90 Å². The highest BCUT2D eigenvalue weighted by molar-refractivity contribution is 6.33. The zero-order valence-electron chi connectivity index (χ0n) is 15.1. The number of aromatic amines is 1. The molecule has 0 aliphatic rings. The summed E-state index contributed by atoms with van der Waals surface area (Å²) in [6.45, 7) is 5.41. The lowest BCUT2D eigenvalue weighted by Gasteiger charge is -2.36. The summed E-state index contributed by atoms with van der Waals surface area (Å²) in [5.74, 6) is -0.584. The molecule has 0 saturated heterocycles. The van der Waals surface area contributed by atoms with Crippen LogP contribution in [-0.4, -0.2) is 26.7 Å². The van der Waals surface area contributed by atoms with E-state index in [0.29, 0.717) is 38.9 Å². The van der Waals surface area contributed by atoms with Crippen LogP contribution in [0.15, 0.2) is 18.3 Å². The largest absolute Gasteiger partial charge is 0.465 e. The first kappa shape index (κ1) is 18.9. The van der Waals surface area contributed by atoms with Gasteiger partial charge in [0.15, 0.2) is 0 Å². The summed E-state index contributed by atoms with van der Waals surface area (Å²) >= 11 is 6.20. The second kappa shape index (κ2) is 6.71. The molecule has 2 aromatic heterocycles. The summed E-state index contributed by atoms with van der Waals surface area (Å²) < 4.78 is 14.5. The van der Waals surface area contributed by atoms with Gasteiger partial charge in [-0.15, -0.1) is 0 Å². The predicted octanol–water partition coefficient (Wildman–Crippen LogP) is 5.25. The van der Waals surface area contributed by atoms with Gasteiger partial charge >= 0.3 is 6.09 Å². The smallest absolute Gasteiger partial charge is 0.412 e. The molecule has 0 radical (unpaired) electrons. The quantitative estimate of drug-likeness (QED) is 0.638. The van der Waals surface area contributed by atoms with E-state index in [1.54, 1.807) is 13.8 Å². The number of nitrogens with zero attached hydrogens (tertiary/aromatic N) is 3. The zero-order valence-corrected chi connectivity index (χ0v) is 15.9. The summed E-state index contributed by atoms with van der Waals surface area (Å²) in [5, 5.41) is 20.2. The molecule has 3 aromatic rings. The number of H-pyrrole nitrogens is 1. The Labute approximate surface area is 160 Å². The molecular weight excluding hydrogens is 371 g/mol. The Kier molecular flexibility index (Phi) is 4.70. The summed E-state index contributed by atoms with van der Waals surface area (Å²) in [5.41, 5.74) is 0.824. The van der Waals surface area contributed by atoms with Gasteiger partial charge in [-0.2, -0.15) is 5.26 Å². The highest BCUT2D eigenvalue weighted by Gasteiger charge is 2.33. The normalized spacial score (nSPS) is 11.7. The fraction of sp³-hybridized carbons (Fsp3) is 0.316. The van der Waals surface area contributed by atoms with Gasteiger partial charge in [-0.05, 0) is 38.0 Å². The van der Waals surface area contributed by atoms with Crippen LogP contribution in [0.1, 0.15) is 32.8 Å². The lowest BCUT2D eigenvalue weighted by Crippen LogP contribution is -2.47. The van der Waals surface area contributed by atoms with Crippen LogP contribution < -0.4 is 4.90 Å². The van der Waals surface area contributed by atoms with Gasteiger partial charge in [-0.3, -0.25) is 4.90 Å². The Morgan fingerprint density at radius 2 is 2.19 bits per heavy atom. The van der Waals surface area contributed by atoms with Crippen molar-refractivity contribution in [3.8, 4) is 6.07 Å². The van der Waals surface area contributed by atoms with Crippen molar-refractivity contribution in [1.29, 1.82) is 5.26 Å². The van der Waals surface area contributed by atoms with E-state index in [2.05, 4.69) is 16.0 Å². The SMILES string of the molecule is CCC(C)(C)N(C(=O)O)c1cc(F)cc2c1[nH]c1ncc(Cl)c(CC#N)c12. The molecule has 1 aromatic carbocycles. The molecule has 140 valence electrons. The molecule has 0 fully saturated rings. The number of hydrogen-bond acceptors (Lipinski definition) is 3. The van der Waals surface area contributed by atoms with E-state index in [9.17, 15) is 14.3 Å². The second-order valence-electron chi connectivity index (χ2n) is 6.90. The maximum Gasteiger partial charge on any atom is 0.412 e. The molecule has 8 heteroatoms. The van der Waals surface area contributed by atoms with Crippen molar-refractivity contribution in [3.05, 3.63) is 34.7 Å². The third kappa shape index (κ3) is 3.06. The Morgan fingerprint density at radius 1 is 1.48 bits per heavy atom. The monoisotopic (exact) mass is 388 g/mol. The molecule has 2 N–H and O–H groups in total. The van der Waals surface area contributed by atoms with Crippen LogP contribution in [0.5, 0.6) is 0 Å². The Balaban J connectivity index is 2.45. The molecule has 0 saturated carbocycles. The first-order valence-corrected chi connectivity index (χ1v) is 8.77. The van der Waals surface area contributed by atoms with Crippen LogP contribution >= 0.6 is 11.6 Å². The predicted molar refractivity (Wildman–Crippen MR) is 103 cm³/mol. The summed E-state index contributed by atoms with van der Waals surface area (Å²) in [4.78, 5) is 20.5. The van der Waals surface area contributed by atoms with Gasteiger partial charge in [0.05, 0.1) is 28.7 Å². The summed E-state index contributed by atoms with van der Waals surface area (Å²) in [6.07, 6.45) is 0.796. The van der Waals surface area contributed by atoms with Crippen molar-refractivity contribution in [1.82, 2.24) is 9.97 Å². The van der Waals surface area contributed by atoms with Crippen molar-refractivity contribution in [3.63, 3.8) is 0 Å². The van der Waals surface area contributed by atoms with Crippen LogP contribution in [-0.2, 0) is 6.42 Å². The van der Waals surface area contributed by atoms with E-state index in [4.69, 9.17) is 16.9 Å². The minimum atomic E-state index is -1.18. The van der Waals surface area contributed by atoms with Crippen LogP contribution in [0.4, 0.5) is 14.9 Å². The molecule has 6 nitrogen and oxygen atoms in total. The van der Waals surface area contributed by atoms with Crippen LogP contribution in [0.25, 0.3) is 21.9 Å². The number of hydrogen-bond donors (Lipinski definition) is 2. The molecule has 0 aliphatic carbocycles. The number of anilines is 1. The van der Waals surface area contributed by atoms with E-state index < -0.39 is 17.4 Å². The number of pyridine rings is 1. The first-order valence-electron chi connectivity index (χ1n) is 8.39. The summed E-state index contributed by atoms with van der Waals surface area (Å²) in [6, 6.07) is 4.54. The Morgan fingerprint density at radius 3 is 2.78 bits per heavy atom. The van der Waals surface area contributed by atoms with Gasteiger partial charge in [-0.1, -0.05) is 18.5 Å². The first-order chi connectivity index (χ1) is 12.7. The lowest BCUT2D eigenvalue weighted by atomic mass is 9.98. The van der Waals surface area contributed by atoms with Gasteiger partial charge in [0.25, 0.3) is 0 Å². The zero-order chi connectivity index (χ0) is 19.9. The molecule has 1 amide bonds. The molecule has 3 rings (SSSR count). The number of nitrogens with one attached hydrogen (secondary N) is 1. The Bertz CT molecular complexity index is 1100. The van der Waals surface area contributed by atoms with Crippen molar-refractivity contribution in [2.75, 3.05) is 4.90 Å². The van der Waals surface area contributed by atoms with Crippen molar-refractivity contribution in [2.45, 2.75) is 39.2 Å². The molecule has 0 atom stereocenters. The number of halogens is 2. The number of aromatic nitrogens is 2. The number of carboxylic acid groups (broad SMARTS) is 1. The van der Waals surface area contributed by atoms with Crippen molar-refractivity contribution >= 4 is 45.3 Å². The van der Waals surface area contributed by atoms with Crippen molar-refractivity contribution in [2.24, 2.45) is 0 Å². The Hall–Kier alpha value is -2.85. The maximum absolute atomic E-state index is 14.5. The van der Waals surface area contributed by atoms with E-state index in [1.807, 2.05) is 6.92 Å². The van der Waals surface area contributed by atoms with E-state index in [1.165, 1.54) is 18.3 Å². The van der Waals surface area contributed by atoms with Crippen LogP contribution in [0.3, 0.4) is 0 Å². The number of fused-ring (bicyclic) bond motifs is 3. The van der Waals surface area contributed by atoms with Gasteiger partial charge in [-0.25, -0.2) is 14.2 Å². The minimum Gasteiger partial charge on any atom is -0.465 e. The average Bonchev–Trinajstić information content (AvgIpc) is 2.96. The third-order valence-electron chi connectivity index (χ3n) is 4.89. The lowest BCUT2D eigenvalue weighted by molar-refractivity contribution is 0.194. The fourth-order valence-electron chi connectivity index (χ4n) is 3.22.